The molecule has 0 aromatic heterocycles. The lowest BCUT2D eigenvalue weighted by atomic mass is 9.71. The van der Waals surface area contributed by atoms with Gasteiger partial charge in [0.05, 0.1) is 11.5 Å². The lowest BCUT2D eigenvalue weighted by Crippen LogP contribution is -2.53. The van der Waals surface area contributed by atoms with Crippen LogP contribution in [0.4, 0.5) is 8.78 Å². The molecule has 1 N–H and O–H groups in total. The lowest BCUT2D eigenvalue weighted by molar-refractivity contribution is -0.150. The minimum Gasteiger partial charge on any atom is -0.331 e. The van der Waals surface area contributed by atoms with Crippen LogP contribution < -0.4 is 5.32 Å². The van der Waals surface area contributed by atoms with Gasteiger partial charge in [0, 0.05) is 6.54 Å². The number of piperidine rings is 2. The van der Waals surface area contributed by atoms with Gasteiger partial charge in [0.1, 0.15) is 11.6 Å². The molecule has 142 valence electrons. The van der Waals surface area contributed by atoms with Crippen molar-refractivity contribution in [1.29, 1.82) is 0 Å². The van der Waals surface area contributed by atoms with Crippen molar-refractivity contribution in [2.45, 2.75) is 31.7 Å². The van der Waals surface area contributed by atoms with E-state index in [0.717, 1.165) is 49.9 Å². The van der Waals surface area contributed by atoms with Crippen molar-refractivity contribution in [3.63, 3.8) is 0 Å². The lowest BCUT2D eigenvalue weighted by Gasteiger charge is -2.47. The smallest absolute Gasteiger partial charge is 0.229 e. The number of benzene rings is 2. The first kappa shape index (κ1) is 18.1. The number of likely N-dealkylation sites (tertiary alicyclic amines) is 1. The molecule has 2 fully saturated rings. The topological polar surface area (TPSA) is 32.3 Å². The van der Waals surface area contributed by atoms with Crippen molar-refractivity contribution in [3.8, 4) is 0 Å². The zero-order chi connectivity index (χ0) is 18.9. The molecule has 1 amide bonds. The molecule has 2 aliphatic heterocycles. The van der Waals surface area contributed by atoms with Crippen LogP contribution in [0, 0.1) is 17.0 Å². The van der Waals surface area contributed by atoms with Crippen molar-refractivity contribution in [2.75, 3.05) is 19.6 Å². The summed E-state index contributed by atoms with van der Waals surface area (Å²) in [6, 6.07) is 12.2. The highest BCUT2D eigenvalue weighted by atomic mass is 19.1. The highest BCUT2D eigenvalue weighted by Gasteiger charge is 2.46. The first-order valence-electron chi connectivity index (χ1n) is 9.62. The first-order valence-corrected chi connectivity index (χ1v) is 9.62. The van der Waals surface area contributed by atoms with E-state index in [1.54, 1.807) is 24.3 Å². The fourth-order valence-electron chi connectivity index (χ4n) is 4.56. The van der Waals surface area contributed by atoms with E-state index in [-0.39, 0.29) is 29.0 Å². The van der Waals surface area contributed by atoms with E-state index in [9.17, 15) is 13.6 Å². The van der Waals surface area contributed by atoms with Gasteiger partial charge in [-0.05, 0) is 74.2 Å². The molecule has 0 unspecified atom stereocenters. The number of rotatable bonds is 3. The van der Waals surface area contributed by atoms with Crippen LogP contribution in [0.1, 0.15) is 42.9 Å². The molecule has 3 nitrogen and oxygen atoms in total. The molecular weight excluding hydrogens is 346 g/mol. The van der Waals surface area contributed by atoms with Crippen molar-refractivity contribution in [2.24, 2.45) is 5.41 Å². The van der Waals surface area contributed by atoms with E-state index in [0.29, 0.717) is 6.54 Å². The van der Waals surface area contributed by atoms with E-state index >= 15 is 0 Å². The minimum atomic E-state index is -0.328. The van der Waals surface area contributed by atoms with Crippen LogP contribution in [0.3, 0.4) is 0 Å². The van der Waals surface area contributed by atoms with E-state index in [1.807, 2.05) is 4.90 Å². The summed E-state index contributed by atoms with van der Waals surface area (Å²) in [4.78, 5) is 15.5. The Morgan fingerprint density at radius 1 is 0.852 bits per heavy atom. The zero-order valence-corrected chi connectivity index (χ0v) is 15.3. The number of nitrogens with zero attached hydrogens (tertiary/aromatic N) is 1. The second kappa shape index (κ2) is 7.39. The third-order valence-corrected chi connectivity index (χ3v) is 6.01. The van der Waals surface area contributed by atoms with Crippen LogP contribution in [0.2, 0.25) is 0 Å². The van der Waals surface area contributed by atoms with E-state index in [2.05, 4.69) is 5.32 Å². The highest BCUT2D eigenvalue weighted by Crippen LogP contribution is 2.43. The van der Waals surface area contributed by atoms with Gasteiger partial charge in [-0.1, -0.05) is 24.3 Å². The van der Waals surface area contributed by atoms with E-state index in [4.69, 9.17) is 0 Å². The van der Waals surface area contributed by atoms with Gasteiger partial charge >= 0.3 is 0 Å². The van der Waals surface area contributed by atoms with Gasteiger partial charge in [0.25, 0.3) is 0 Å². The molecule has 2 aromatic carbocycles. The van der Waals surface area contributed by atoms with Crippen LogP contribution >= 0.6 is 0 Å². The van der Waals surface area contributed by atoms with Crippen molar-refractivity contribution < 1.29 is 13.6 Å². The normalized spacial score (nSPS) is 19.7. The molecule has 0 atom stereocenters. The molecule has 2 heterocycles. The van der Waals surface area contributed by atoms with Crippen LogP contribution in [0.25, 0.3) is 0 Å². The standard InChI is InChI=1S/C22H24F2N2O/c23-18-6-2-16(3-7-18)20(17-4-8-19(24)9-5-17)26-15-1-10-22(21(26)27)11-13-25-14-12-22/h2-9,20,25H,1,10-15H2. The van der Waals surface area contributed by atoms with Crippen LogP contribution in [0.5, 0.6) is 0 Å². The number of carbonyl (C=O) groups excluding carboxylic acids is 1. The summed E-state index contributed by atoms with van der Waals surface area (Å²) in [5.41, 5.74) is 1.40. The molecule has 4 rings (SSSR count). The van der Waals surface area contributed by atoms with Gasteiger partial charge in [-0.2, -0.15) is 0 Å². The summed E-state index contributed by atoms with van der Waals surface area (Å²) in [5, 5.41) is 3.34. The number of amides is 1. The molecule has 2 aliphatic rings. The van der Waals surface area contributed by atoms with Gasteiger partial charge in [-0.25, -0.2) is 8.78 Å². The summed E-state index contributed by atoms with van der Waals surface area (Å²) in [6.07, 6.45) is 3.57. The Hall–Kier alpha value is -2.27. The Morgan fingerprint density at radius 2 is 1.37 bits per heavy atom. The molecule has 0 radical (unpaired) electrons. The quantitative estimate of drug-likeness (QED) is 0.884. The Balaban J connectivity index is 1.74. The van der Waals surface area contributed by atoms with Gasteiger partial charge in [-0.15, -0.1) is 0 Å². The maximum atomic E-state index is 13.6. The van der Waals surface area contributed by atoms with E-state index in [1.165, 1.54) is 24.3 Å². The van der Waals surface area contributed by atoms with Crippen LogP contribution in [0.15, 0.2) is 48.5 Å². The molecule has 27 heavy (non-hydrogen) atoms. The van der Waals surface area contributed by atoms with Gasteiger partial charge in [-0.3, -0.25) is 4.79 Å². The highest BCUT2D eigenvalue weighted by molar-refractivity contribution is 5.84. The van der Waals surface area contributed by atoms with Crippen LogP contribution in [-0.4, -0.2) is 30.4 Å². The van der Waals surface area contributed by atoms with Gasteiger partial charge in [0.15, 0.2) is 0 Å². The Morgan fingerprint density at radius 3 is 1.89 bits per heavy atom. The number of hydrogen-bond donors (Lipinski definition) is 1. The predicted octanol–water partition coefficient (Wildman–Crippen LogP) is 4.05. The third kappa shape index (κ3) is 3.48. The summed E-state index contributed by atoms with van der Waals surface area (Å²) < 4.78 is 26.9. The van der Waals surface area contributed by atoms with E-state index < -0.39 is 0 Å². The second-order valence-corrected chi connectivity index (χ2v) is 7.64. The molecular formula is C22H24F2N2O. The SMILES string of the molecule is O=C1N(C(c2ccc(F)cc2)c2ccc(F)cc2)CCCC12CCNCC2. The zero-order valence-electron chi connectivity index (χ0n) is 15.3. The third-order valence-electron chi connectivity index (χ3n) is 6.01. The number of nitrogens with one attached hydrogen (secondary N) is 1. The molecule has 0 bridgehead atoms. The van der Waals surface area contributed by atoms with Gasteiger partial charge in [0.2, 0.25) is 5.91 Å². The maximum Gasteiger partial charge on any atom is 0.229 e. The number of carbonyl (C=O) groups is 1. The van der Waals surface area contributed by atoms with Crippen molar-refractivity contribution in [3.05, 3.63) is 71.3 Å². The second-order valence-electron chi connectivity index (χ2n) is 7.64. The Kier molecular flexibility index (Phi) is 4.96. The molecule has 0 saturated carbocycles. The number of hydrogen-bond acceptors (Lipinski definition) is 2. The predicted molar refractivity (Wildman–Crippen MR) is 100 cm³/mol. The Bertz CT molecular complexity index is 747. The average Bonchev–Trinajstić information content (AvgIpc) is 2.69. The summed E-state index contributed by atoms with van der Waals surface area (Å²) in [5.74, 6) is -0.443. The summed E-state index contributed by atoms with van der Waals surface area (Å²) in [6.45, 7) is 2.38. The number of halogens is 2. The fraction of sp³-hybridized carbons (Fsp3) is 0.409. The average molecular weight is 370 g/mol. The van der Waals surface area contributed by atoms with Crippen LogP contribution in [-0.2, 0) is 4.79 Å². The summed E-state index contributed by atoms with van der Waals surface area (Å²) >= 11 is 0. The summed E-state index contributed by atoms with van der Waals surface area (Å²) in [7, 11) is 0. The van der Waals surface area contributed by atoms with Crippen molar-refractivity contribution >= 4 is 5.91 Å². The van der Waals surface area contributed by atoms with Gasteiger partial charge < -0.3 is 10.2 Å². The molecule has 2 saturated heterocycles. The first-order chi connectivity index (χ1) is 13.1. The Labute approximate surface area is 158 Å². The maximum absolute atomic E-state index is 13.6. The minimum absolute atomic E-state index is 0.175. The molecule has 2 aromatic rings. The monoisotopic (exact) mass is 370 g/mol. The molecule has 1 spiro atoms. The molecule has 0 aliphatic carbocycles. The largest absolute Gasteiger partial charge is 0.331 e. The van der Waals surface area contributed by atoms with Crippen molar-refractivity contribution in [1.82, 2.24) is 10.2 Å². The molecule has 5 heteroatoms. The fourth-order valence-corrected chi connectivity index (χ4v) is 4.56.